The number of anilines is 1. The van der Waals surface area contributed by atoms with Crippen molar-refractivity contribution in [1.29, 1.82) is 5.41 Å². The molecule has 0 atom stereocenters. The minimum absolute atomic E-state index is 0.0218. The number of nitrogen functional groups attached to an aromatic ring is 1. The third-order valence-corrected chi connectivity index (χ3v) is 3.67. The summed E-state index contributed by atoms with van der Waals surface area (Å²) in [5, 5.41) is 17.1. The molecule has 0 aliphatic heterocycles. The SMILES string of the molecule is N=C(N)c1ccc(Br)cc1N(CCO)Cc1ccccc1. The monoisotopic (exact) mass is 347 g/mol. The molecular formula is C16H18BrN3O. The molecule has 0 aromatic heterocycles. The number of amidine groups is 1. The highest BCUT2D eigenvalue weighted by molar-refractivity contribution is 9.10. The molecule has 0 spiro atoms. The average Bonchev–Trinajstić information content (AvgIpc) is 2.47. The smallest absolute Gasteiger partial charge is 0.124 e. The maximum atomic E-state index is 9.34. The summed E-state index contributed by atoms with van der Waals surface area (Å²) in [7, 11) is 0. The summed E-state index contributed by atoms with van der Waals surface area (Å²) in [4.78, 5) is 2.02. The number of aliphatic hydroxyl groups excluding tert-OH is 1. The van der Waals surface area contributed by atoms with E-state index in [4.69, 9.17) is 11.1 Å². The highest BCUT2D eigenvalue weighted by atomic mass is 79.9. The Hall–Kier alpha value is -1.85. The van der Waals surface area contributed by atoms with E-state index in [0.29, 0.717) is 18.7 Å². The van der Waals surface area contributed by atoms with Crippen molar-refractivity contribution >= 4 is 27.5 Å². The van der Waals surface area contributed by atoms with E-state index in [0.717, 1.165) is 15.7 Å². The Morgan fingerprint density at radius 1 is 1.19 bits per heavy atom. The van der Waals surface area contributed by atoms with Gasteiger partial charge in [0.2, 0.25) is 0 Å². The quantitative estimate of drug-likeness (QED) is 0.555. The van der Waals surface area contributed by atoms with E-state index < -0.39 is 0 Å². The number of hydrogen-bond acceptors (Lipinski definition) is 3. The fraction of sp³-hybridized carbons (Fsp3) is 0.188. The molecule has 2 aromatic carbocycles. The van der Waals surface area contributed by atoms with Gasteiger partial charge in [-0.2, -0.15) is 0 Å². The number of aliphatic hydroxyl groups is 1. The molecule has 0 saturated heterocycles. The Morgan fingerprint density at radius 2 is 1.90 bits per heavy atom. The van der Waals surface area contributed by atoms with E-state index >= 15 is 0 Å². The van der Waals surface area contributed by atoms with Crippen molar-refractivity contribution in [3.8, 4) is 0 Å². The van der Waals surface area contributed by atoms with Crippen LogP contribution in [0, 0.1) is 5.41 Å². The molecule has 0 aliphatic rings. The first-order valence-electron chi connectivity index (χ1n) is 6.65. The Labute approximate surface area is 132 Å². The summed E-state index contributed by atoms with van der Waals surface area (Å²) < 4.78 is 0.915. The Bertz CT molecular complexity index is 616. The van der Waals surface area contributed by atoms with Gasteiger partial charge in [-0.1, -0.05) is 46.3 Å². The molecule has 2 aromatic rings. The molecule has 0 bridgehead atoms. The summed E-state index contributed by atoms with van der Waals surface area (Å²) in [6.45, 7) is 1.17. The van der Waals surface area contributed by atoms with Crippen LogP contribution in [0.3, 0.4) is 0 Å². The normalized spacial score (nSPS) is 10.4. The predicted octanol–water partition coefficient (Wildman–Crippen LogP) is 2.73. The number of rotatable bonds is 6. The van der Waals surface area contributed by atoms with Gasteiger partial charge < -0.3 is 15.7 Å². The zero-order valence-electron chi connectivity index (χ0n) is 11.6. The van der Waals surface area contributed by atoms with E-state index in [-0.39, 0.29) is 12.4 Å². The summed E-state index contributed by atoms with van der Waals surface area (Å²) in [5.74, 6) is 0.0218. The van der Waals surface area contributed by atoms with Crippen molar-refractivity contribution in [3.05, 3.63) is 64.1 Å². The van der Waals surface area contributed by atoms with Crippen LogP contribution in [0.25, 0.3) is 0 Å². The van der Waals surface area contributed by atoms with Crippen molar-refractivity contribution in [2.24, 2.45) is 5.73 Å². The lowest BCUT2D eigenvalue weighted by atomic mass is 10.1. The average molecular weight is 348 g/mol. The van der Waals surface area contributed by atoms with E-state index in [1.165, 1.54) is 0 Å². The Kier molecular flexibility index (Phi) is 5.36. The van der Waals surface area contributed by atoms with Gasteiger partial charge >= 0.3 is 0 Å². The van der Waals surface area contributed by atoms with Gasteiger partial charge in [0.25, 0.3) is 0 Å². The molecule has 0 unspecified atom stereocenters. The highest BCUT2D eigenvalue weighted by Gasteiger charge is 2.14. The third-order valence-electron chi connectivity index (χ3n) is 3.18. The first kappa shape index (κ1) is 15.5. The van der Waals surface area contributed by atoms with E-state index in [1.807, 2.05) is 53.4 Å². The number of nitrogens with zero attached hydrogens (tertiary/aromatic N) is 1. The molecule has 0 fully saturated rings. The zero-order chi connectivity index (χ0) is 15.2. The van der Waals surface area contributed by atoms with Crippen molar-refractivity contribution in [1.82, 2.24) is 0 Å². The van der Waals surface area contributed by atoms with Gasteiger partial charge in [0.15, 0.2) is 0 Å². The van der Waals surface area contributed by atoms with Gasteiger partial charge in [-0.05, 0) is 23.8 Å². The zero-order valence-corrected chi connectivity index (χ0v) is 13.2. The van der Waals surface area contributed by atoms with Gasteiger partial charge in [0, 0.05) is 28.8 Å². The largest absolute Gasteiger partial charge is 0.395 e. The third kappa shape index (κ3) is 4.06. The minimum Gasteiger partial charge on any atom is -0.395 e. The van der Waals surface area contributed by atoms with Gasteiger partial charge in [0.05, 0.1) is 6.61 Å². The number of halogens is 1. The molecule has 0 saturated carbocycles. The van der Waals surface area contributed by atoms with Crippen molar-refractivity contribution in [2.75, 3.05) is 18.1 Å². The van der Waals surface area contributed by atoms with E-state index in [1.54, 1.807) is 0 Å². The molecule has 5 heteroatoms. The Morgan fingerprint density at radius 3 is 2.52 bits per heavy atom. The molecular weight excluding hydrogens is 330 g/mol. The second-order valence-electron chi connectivity index (χ2n) is 4.71. The molecule has 0 aliphatic carbocycles. The Balaban J connectivity index is 2.37. The van der Waals surface area contributed by atoms with Crippen molar-refractivity contribution < 1.29 is 5.11 Å². The minimum atomic E-state index is 0.0218. The molecule has 4 N–H and O–H groups in total. The molecule has 21 heavy (non-hydrogen) atoms. The first-order valence-corrected chi connectivity index (χ1v) is 7.45. The summed E-state index contributed by atoms with van der Waals surface area (Å²) >= 11 is 3.45. The first-order chi connectivity index (χ1) is 10.1. The van der Waals surface area contributed by atoms with Crippen LogP contribution in [0.4, 0.5) is 5.69 Å². The fourth-order valence-corrected chi connectivity index (χ4v) is 2.55. The topological polar surface area (TPSA) is 73.3 Å². The second kappa shape index (κ2) is 7.24. The van der Waals surface area contributed by atoms with E-state index in [9.17, 15) is 5.11 Å². The lowest BCUT2D eigenvalue weighted by Gasteiger charge is -2.26. The maximum Gasteiger partial charge on any atom is 0.124 e. The molecule has 4 nitrogen and oxygen atoms in total. The predicted molar refractivity (Wildman–Crippen MR) is 89.7 cm³/mol. The lowest BCUT2D eigenvalue weighted by molar-refractivity contribution is 0.301. The molecule has 0 amide bonds. The molecule has 110 valence electrons. The standard InChI is InChI=1S/C16H18BrN3O/c17-13-6-7-14(16(18)19)15(10-13)20(8-9-21)11-12-4-2-1-3-5-12/h1-7,10,21H,8-9,11H2,(H3,18,19). The number of benzene rings is 2. The molecule has 0 radical (unpaired) electrons. The van der Waals surface area contributed by atoms with Crippen LogP contribution in [0.5, 0.6) is 0 Å². The van der Waals surface area contributed by atoms with Crippen LogP contribution in [-0.4, -0.2) is 24.1 Å². The maximum absolute atomic E-state index is 9.34. The summed E-state index contributed by atoms with van der Waals surface area (Å²) in [6.07, 6.45) is 0. The van der Waals surface area contributed by atoms with Crippen LogP contribution in [0.15, 0.2) is 53.0 Å². The van der Waals surface area contributed by atoms with Crippen LogP contribution in [0.2, 0.25) is 0 Å². The van der Waals surface area contributed by atoms with Crippen LogP contribution >= 0.6 is 15.9 Å². The number of nitrogens with two attached hydrogens (primary N) is 1. The summed E-state index contributed by atoms with van der Waals surface area (Å²) in [6, 6.07) is 15.6. The van der Waals surface area contributed by atoms with Crippen molar-refractivity contribution in [2.45, 2.75) is 6.54 Å². The number of nitrogens with one attached hydrogen (secondary N) is 1. The fourth-order valence-electron chi connectivity index (χ4n) is 2.20. The number of hydrogen-bond donors (Lipinski definition) is 3. The summed E-state index contributed by atoms with van der Waals surface area (Å²) in [5.41, 5.74) is 8.32. The van der Waals surface area contributed by atoms with Gasteiger partial charge in [0.1, 0.15) is 5.84 Å². The lowest BCUT2D eigenvalue weighted by Crippen LogP contribution is -2.29. The molecule has 2 rings (SSSR count). The van der Waals surface area contributed by atoms with Crippen LogP contribution in [-0.2, 0) is 6.54 Å². The van der Waals surface area contributed by atoms with Crippen LogP contribution in [0.1, 0.15) is 11.1 Å². The van der Waals surface area contributed by atoms with Crippen LogP contribution < -0.4 is 10.6 Å². The second-order valence-corrected chi connectivity index (χ2v) is 5.62. The van der Waals surface area contributed by atoms with Gasteiger partial charge in [-0.15, -0.1) is 0 Å². The van der Waals surface area contributed by atoms with Gasteiger partial charge in [-0.25, -0.2) is 0 Å². The van der Waals surface area contributed by atoms with Gasteiger partial charge in [-0.3, -0.25) is 5.41 Å². The molecule has 0 heterocycles. The highest BCUT2D eigenvalue weighted by Crippen LogP contribution is 2.26. The van der Waals surface area contributed by atoms with E-state index in [2.05, 4.69) is 15.9 Å². The van der Waals surface area contributed by atoms with Crippen molar-refractivity contribution in [3.63, 3.8) is 0 Å².